The van der Waals surface area contributed by atoms with Crippen LogP contribution in [0.2, 0.25) is 0 Å². The van der Waals surface area contributed by atoms with Gasteiger partial charge in [-0.2, -0.15) is 0 Å². The van der Waals surface area contributed by atoms with Crippen molar-refractivity contribution in [3.8, 4) is 0 Å². The number of aryl methyl sites for hydroxylation is 1. The van der Waals surface area contributed by atoms with Crippen molar-refractivity contribution in [3.63, 3.8) is 0 Å². The van der Waals surface area contributed by atoms with Gasteiger partial charge in [0.15, 0.2) is 5.13 Å². The van der Waals surface area contributed by atoms with Crippen LogP contribution in [-0.4, -0.2) is 29.3 Å². The predicted molar refractivity (Wildman–Crippen MR) is 115 cm³/mol. The molecule has 0 saturated carbocycles. The van der Waals surface area contributed by atoms with Crippen molar-refractivity contribution in [2.45, 2.75) is 26.7 Å². The second kappa shape index (κ2) is 9.84. The van der Waals surface area contributed by atoms with Gasteiger partial charge in [-0.25, -0.2) is 4.98 Å². The van der Waals surface area contributed by atoms with Crippen LogP contribution in [0.15, 0.2) is 46.4 Å². The van der Waals surface area contributed by atoms with E-state index in [1.54, 1.807) is 42.6 Å². The molecule has 0 saturated heterocycles. The van der Waals surface area contributed by atoms with Gasteiger partial charge in [-0.3, -0.25) is 19.7 Å². The molecule has 3 rings (SSSR count). The van der Waals surface area contributed by atoms with Crippen LogP contribution in [-0.2, 0) is 11.2 Å². The molecular weight excluding hydrogens is 404 g/mol. The number of nitrogens with zero attached hydrogens (tertiary/aromatic N) is 1. The Hall–Kier alpha value is -3.46. The zero-order valence-electron chi connectivity index (χ0n) is 16.7. The van der Waals surface area contributed by atoms with Crippen molar-refractivity contribution >= 4 is 39.9 Å². The molecule has 3 amide bonds. The van der Waals surface area contributed by atoms with E-state index in [0.29, 0.717) is 39.9 Å². The Morgan fingerprint density at radius 1 is 1.13 bits per heavy atom. The zero-order chi connectivity index (χ0) is 21.5. The number of hydrogen-bond acceptors (Lipinski definition) is 6. The van der Waals surface area contributed by atoms with Gasteiger partial charge in [0.1, 0.15) is 5.76 Å². The molecule has 0 fully saturated rings. The fourth-order valence-electron chi connectivity index (χ4n) is 2.68. The van der Waals surface area contributed by atoms with Crippen LogP contribution in [0.5, 0.6) is 0 Å². The highest BCUT2D eigenvalue weighted by Crippen LogP contribution is 2.19. The Labute approximate surface area is 177 Å². The van der Waals surface area contributed by atoms with E-state index in [2.05, 4.69) is 20.9 Å². The number of nitrogens with one attached hydrogen (secondary N) is 3. The number of carbonyl (C=O) groups excluding carboxylic acids is 3. The number of rotatable bonds is 8. The average molecular weight is 426 g/mol. The molecule has 3 N–H and O–H groups in total. The fourth-order valence-corrected chi connectivity index (χ4v) is 3.38. The zero-order valence-corrected chi connectivity index (χ0v) is 17.5. The first kappa shape index (κ1) is 21.3. The first-order valence-electron chi connectivity index (χ1n) is 9.44. The lowest BCUT2D eigenvalue weighted by Gasteiger charge is -2.07. The van der Waals surface area contributed by atoms with Gasteiger partial charge in [-0.05, 0) is 37.6 Å². The van der Waals surface area contributed by atoms with Crippen molar-refractivity contribution in [2.75, 3.05) is 17.2 Å². The molecule has 0 aliphatic heterocycles. The van der Waals surface area contributed by atoms with Gasteiger partial charge in [-0.1, -0.05) is 13.0 Å². The van der Waals surface area contributed by atoms with E-state index in [0.717, 1.165) is 6.42 Å². The fraction of sp³-hybridized carbons (Fsp3) is 0.238. The summed E-state index contributed by atoms with van der Waals surface area (Å²) in [5, 5.41) is 10.4. The molecule has 2 aromatic heterocycles. The summed E-state index contributed by atoms with van der Waals surface area (Å²) in [7, 11) is 0. The molecule has 30 heavy (non-hydrogen) atoms. The number of furan rings is 1. The highest BCUT2D eigenvalue weighted by molar-refractivity contribution is 7.14. The Morgan fingerprint density at radius 2 is 1.97 bits per heavy atom. The Balaban J connectivity index is 1.56. The standard InChI is InChI=1S/C21H22N4O4S/c1-3-8-22-19(27)14-5-4-6-15(10-14)23-18(26)11-16-12-30-21(24-16)25-20(28)17-7-9-29-13(17)2/h4-7,9-10,12H,3,8,11H2,1-2H3,(H,22,27)(H,23,26)(H,24,25,28). The van der Waals surface area contributed by atoms with Gasteiger partial charge >= 0.3 is 0 Å². The number of anilines is 2. The predicted octanol–water partition coefficient (Wildman–Crippen LogP) is 3.62. The van der Waals surface area contributed by atoms with Gasteiger partial charge in [0.05, 0.1) is 23.9 Å². The normalized spacial score (nSPS) is 10.5. The van der Waals surface area contributed by atoms with Crippen LogP contribution < -0.4 is 16.0 Å². The summed E-state index contributed by atoms with van der Waals surface area (Å²) in [5.41, 5.74) is 1.98. The minimum Gasteiger partial charge on any atom is -0.469 e. The van der Waals surface area contributed by atoms with Gasteiger partial charge in [0, 0.05) is 23.2 Å². The van der Waals surface area contributed by atoms with Crippen LogP contribution >= 0.6 is 11.3 Å². The van der Waals surface area contributed by atoms with Crippen molar-refractivity contribution in [2.24, 2.45) is 0 Å². The second-order valence-corrected chi connectivity index (χ2v) is 7.41. The van der Waals surface area contributed by atoms with Crippen molar-refractivity contribution in [1.82, 2.24) is 10.3 Å². The SMILES string of the molecule is CCCNC(=O)c1cccc(NC(=O)Cc2csc(NC(=O)c3ccoc3C)n2)c1. The number of carbonyl (C=O) groups is 3. The third-order valence-corrected chi connectivity index (χ3v) is 4.97. The van der Waals surface area contributed by atoms with Gasteiger partial charge < -0.3 is 15.1 Å². The molecule has 2 heterocycles. The number of hydrogen-bond donors (Lipinski definition) is 3. The molecule has 9 heteroatoms. The third-order valence-electron chi connectivity index (χ3n) is 4.16. The maximum Gasteiger partial charge on any atom is 0.260 e. The first-order valence-corrected chi connectivity index (χ1v) is 10.3. The van der Waals surface area contributed by atoms with Gasteiger partial charge in [0.25, 0.3) is 11.8 Å². The molecule has 0 aliphatic carbocycles. The molecule has 0 unspecified atom stereocenters. The molecule has 0 bridgehead atoms. The minimum absolute atomic E-state index is 0.0450. The van der Waals surface area contributed by atoms with Crippen LogP contribution in [0.1, 0.15) is 45.5 Å². The third kappa shape index (κ3) is 5.54. The number of amides is 3. The summed E-state index contributed by atoms with van der Waals surface area (Å²) in [4.78, 5) is 40.9. The van der Waals surface area contributed by atoms with Gasteiger partial charge in [-0.15, -0.1) is 11.3 Å². The van der Waals surface area contributed by atoms with Crippen molar-refractivity contribution in [1.29, 1.82) is 0 Å². The lowest BCUT2D eigenvalue weighted by molar-refractivity contribution is -0.115. The Morgan fingerprint density at radius 3 is 2.70 bits per heavy atom. The second-order valence-electron chi connectivity index (χ2n) is 6.55. The van der Waals surface area contributed by atoms with Crippen molar-refractivity contribution in [3.05, 3.63) is 64.6 Å². The van der Waals surface area contributed by atoms with Crippen LogP contribution in [0.25, 0.3) is 0 Å². The summed E-state index contributed by atoms with van der Waals surface area (Å²) < 4.78 is 5.12. The molecule has 156 valence electrons. The topological polar surface area (TPSA) is 113 Å². The van der Waals surface area contributed by atoms with Crippen molar-refractivity contribution < 1.29 is 18.8 Å². The summed E-state index contributed by atoms with van der Waals surface area (Å²) in [6.07, 6.45) is 2.34. The monoisotopic (exact) mass is 426 g/mol. The molecule has 0 spiro atoms. The van der Waals surface area contributed by atoms with E-state index in [9.17, 15) is 14.4 Å². The molecule has 0 aliphatic rings. The van der Waals surface area contributed by atoms with E-state index in [1.807, 2.05) is 6.92 Å². The average Bonchev–Trinajstić information content (AvgIpc) is 3.34. The van der Waals surface area contributed by atoms with E-state index in [4.69, 9.17) is 4.42 Å². The first-order chi connectivity index (χ1) is 14.5. The van der Waals surface area contributed by atoms with Crippen LogP contribution in [0.4, 0.5) is 10.8 Å². The van der Waals surface area contributed by atoms with Crippen LogP contribution in [0.3, 0.4) is 0 Å². The lowest BCUT2D eigenvalue weighted by Crippen LogP contribution is -2.24. The quantitative estimate of drug-likeness (QED) is 0.509. The number of thiazole rings is 1. The van der Waals surface area contributed by atoms with E-state index in [1.165, 1.54) is 17.6 Å². The van der Waals surface area contributed by atoms with E-state index < -0.39 is 0 Å². The van der Waals surface area contributed by atoms with E-state index in [-0.39, 0.29) is 24.1 Å². The maximum atomic E-state index is 12.4. The maximum absolute atomic E-state index is 12.4. The smallest absolute Gasteiger partial charge is 0.260 e. The molecule has 0 radical (unpaired) electrons. The number of benzene rings is 1. The Bertz CT molecular complexity index is 1060. The largest absolute Gasteiger partial charge is 0.469 e. The summed E-state index contributed by atoms with van der Waals surface area (Å²) in [5.74, 6) is -0.241. The highest BCUT2D eigenvalue weighted by atomic mass is 32.1. The highest BCUT2D eigenvalue weighted by Gasteiger charge is 2.15. The van der Waals surface area contributed by atoms with E-state index >= 15 is 0 Å². The molecule has 0 atom stereocenters. The Kier molecular flexibility index (Phi) is 6.97. The summed E-state index contributed by atoms with van der Waals surface area (Å²) in [6.45, 7) is 4.28. The summed E-state index contributed by atoms with van der Waals surface area (Å²) >= 11 is 1.24. The summed E-state index contributed by atoms with van der Waals surface area (Å²) in [6, 6.07) is 8.34. The van der Waals surface area contributed by atoms with Crippen LogP contribution in [0, 0.1) is 6.92 Å². The van der Waals surface area contributed by atoms with Gasteiger partial charge in [0.2, 0.25) is 5.91 Å². The molecule has 1 aromatic carbocycles. The molecule has 8 nitrogen and oxygen atoms in total. The molecule has 3 aromatic rings. The molecular formula is C21H22N4O4S. The minimum atomic E-state index is -0.315. The lowest BCUT2D eigenvalue weighted by atomic mass is 10.2. The number of aromatic nitrogens is 1.